The van der Waals surface area contributed by atoms with Gasteiger partial charge in [-0.25, -0.2) is 0 Å². The summed E-state index contributed by atoms with van der Waals surface area (Å²) in [6, 6.07) is 5.82. The van der Waals surface area contributed by atoms with Gasteiger partial charge in [0.1, 0.15) is 4.88 Å². The van der Waals surface area contributed by atoms with E-state index < -0.39 is 0 Å². The Morgan fingerprint density at radius 2 is 2.05 bits per heavy atom. The Hall–Kier alpha value is -1.26. The third-order valence-electron chi connectivity index (χ3n) is 4.25. The van der Waals surface area contributed by atoms with E-state index in [2.05, 4.69) is 12.2 Å². The molecule has 0 atom stereocenters. The minimum atomic E-state index is -0.0515. The summed E-state index contributed by atoms with van der Waals surface area (Å²) in [6.07, 6.45) is 4.48. The zero-order chi connectivity index (χ0) is 15.0. The monoisotopic (exact) mass is 322 g/mol. The summed E-state index contributed by atoms with van der Waals surface area (Å²) in [5, 5.41) is 4.70. The molecule has 3 nitrogen and oxygen atoms in total. The molecule has 21 heavy (non-hydrogen) atoms. The van der Waals surface area contributed by atoms with E-state index in [0.29, 0.717) is 15.6 Å². The van der Waals surface area contributed by atoms with Crippen LogP contribution in [0.3, 0.4) is 0 Å². The van der Waals surface area contributed by atoms with Gasteiger partial charge in [0, 0.05) is 21.2 Å². The highest BCUT2D eigenvalue weighted by Crippen LogP contribution is 2.35. The fourth-order valence-corrected chi connectivity index (χ4v) is 4.22. The van der Waals surface area contributed by atoms with Crippen LogP contribution in [0.5, 0.6) is 0 Å². The van der Waals surface area contributed by atoms with Crippen molar-refractivity contribution in [3.63, 3.8) is 0 Å². The molecular weight excluding hydrogens is 304 g/mol. The Morgan fingerprint density at radius 1 is 1.33 bits per heavy atom. The topological polar surface area (TPSA) is 55.1 Å². The van der Waals surface area contributed by atoms with Gasteiger partial charge in [-0.1, -0.05) is 18.5 Å². The van der Waals surface area contributed by atoms with Crippen LogP contribution in [-0.2, 0) is 0 Å². The highest BCUT2D eigenvalue weighted by atomic mass is 35.5. The molecule has 1 fully saturated rings. The van der Waals surface area contributed by atoms with Gasteiger partial charge in [0.15, 0.2) is 0 Å². The van der Waals surface area contributed by atoms with Gasteiger partial charge in [-0.2, -0.15) is 0 Å². The van der Waals surface area contributed by atoms with Crippen LogP contribution >= 0.6 is 22.9 Å². The Kier molecular flexibility index (Phi) is 4.09. The molecule has 0 unspecified atom stereocenters. The second-order valence-corrected chi connectivity index (χ2v) is 7.40. The lowest BCUT2D eigenvalue weighted by molar-refractivity contribution is 0.0928. The average Bonchev–Trinajstić information content (AvgIpc) is 2.78. The van der Waals surface area contributed by atoms with Gasteiger partial charge < -0.3 is 11.1 Å². The van der Waals surface area contributed by atoms with Gasteiger partial charge in [0.05, 0.1) is 5.69 Å². The Labute approximate surface area is 133 Å². The second-order valence-electron chi connectivity index (χ2n) is 5.92. The average molecular weight is 323 g/mol. The fourth-order valence-electron chi connectivity index (χ4n) is 2.91. The Bertz CT molecular complexity index is 674. The molecule has 3 rings (SSSR count). The number of carbonyl (C=O) groups is 1. The maximum atomic E-state index is 12.5. The molecule has 1 amide bonds. The van der Waals surface area contributed by atoms with Crippen LogP contribution in [0.2, 0.25) is 5.02 Å². The molecule has 1 heterocycles. The predicted molar refractivity (Wildman–Crippen MR) is 90.1 cm³/mol. The summed E-state index contributed by atoms with van der Waals surface area (Å²) in [5.74, 6) is 0.721. The van der Waals surface area contributed by atoms with Crippen molar-refractivity contribution in [2.45, 2.75) is 38.6 Å². The number of hydrogen-bond donors (Lipinski definition) is 2. The molecule has 0 spiro atoms. The van der Waals surface area contributed by atoms with Crippen LogP contribution in [0, 0.1) is 5.92 Å². The largest absolute Gasteiger partial charge is 0.397 e. The smallest absolute Gasteiger partial charge is 0.263 e. The molecule has 0 radical (unpaired) electrons. The quantitative estimate of drug-likeness (QED) is 0.858. The zero-order valence-electron chi connectivity index (χ0n) is 12.0. The molecule has 1 aliphatic rings. The highest BCUT2D eigenvalue weighted by molar-refractivity contribution is 7.21. The van der Waals surface area contributed by atoms with E-state index in [9.17, 15) is 4.79 Å². The maximum Gasteiger partial charge on any atom is 0.263 e. The van der Waals surface area contributed by atoms with E-state index >= 15 is 0 Å². The van der Waals surface area contributed by atoms with E-state index in [0.717, 1.165) is 28.8 Å². The molecule has 5 heteroatoms. The number of nitrogens with two attached hydrogens (primary N) is 1. The van der Waals surface area contributed by atoms with Crippen LogP contribution in [0.25, 0.3) is 10.1 Å². The van der Waals surface area contributed by atoms with Gasteiger partial charge in [0.2, 0.25) is 0 Å². The van der Waals surface area contributed by atoms with Gasteiger partial charge >= 0.3 is 0 Å². The first-order valence-corrected chi connectivity index (χ1v) is 8.52. The molecule has 2 aromatic rings. The number of nitrogen functional groups attached to an aromatic ring is 1. The normalized spacial score (nSPS) is 22.4. The lowest BCUT2D eigenvalue weighted by Crippen LogP contribution is -2.37. The molecule has 1 saturated carbocycles. The van der Waals surface area contributed by atoms with Gasteiger partial charge in [-0.3, -0.25) is 4.79 Å². The number of rotatable bonds is 2. The molecule has 1 aliphatic carbocycles. The number of nitrogens with one attached hydrogen (secondary N) is 1. The van der Waals surface area contributed by atoms with Gasteiger partial charge in [-0.15, -0.1) is 11.3 Å². The fraction of sp³-hybridized carbons (Fsp3) is 0.438. The van der Waals surface area contributed by atoms with Crippen molar-refractivity contribution in [3.8, 4) is 0 Å². The summed E-state index contributed by atoms with van der Waals surface area (Å²) in [6.45, 7) is 2.27. The van der Waals surface area contributed by atoms with Crippen molar-refractivity contribution in [2.75, 3.05) is 5.73 Å². The molecule has 1 aromatic carbocycles. The van der Waals surface area contributed by atoms with Crippen molar-refractivity contribution in [2.24, 2.45) is 5.92 Å². The van der Waals surface area contributed by atoms with Gasteiger partial charge in [-0.05, 0) is 49.8 Å². The van der Waals surface area contributed by atoms with Crippen LogP contribution in [0.15, 0.2) is 18.2 Å². The number of benzene rings is 1. The summed E-state index contributed by atoms with van der Waals surface area (Å²) in [5.41, 5.74) is 6.69. The first-order chi connectivity index (χ1) is 10.0. The summed E-state index contributed by atoms with van der Waals surface area (Å²) >= 11 is 7.41. The van der Waals surface area contributed by atoms with E-state index in [1.165, 1.54) is 24.2 Å². The highest BCUT2D eigenvalue weighted by Gasteiger charge is 2.23. The maximum absolute atomic E-state index is 12.5. The summed E-state index contributed by atoms with van der Waals surface area (Å²) in [7, 11) is 0. The number of fused-ring (bicyclic) bond motifs is 1. The van der Waals surface area contributed by atoms with Crippen LogP contribution < -0.4 is 11.1 Å². The van der Waals surface area contributed by atoms with E-state index in [4.69, 9.17) is 17.3 Å². The van der Waals surface area contributed by atoms with Crippen molar-refractivity contribution < 1.29 is 4.79 Å². The van der Waals surface area contributed by atoms with Crippen molar-refractivity contribution in [1.82, 2.24) is 5.32 Å². The molecule has 0 saturated heterocycles. The van der Waals surface area contributed by atoms with Crippen molar-refractivity contribution in [1.29, 1.82) is 0 Å². The molecular formula is C16H19ClN2OS. The lowest BCUT2D eigenvalue weighted by atomic mass is 9.87. The van der Waals surface area contributed by atoms with Crippen molar-refractivity contribution in [3.05, 3.63) is 28.1 Å². The molecule has 3 N–H and O–H groups in total. The van der Waals surface area contributed by atoms with E-state index in [1.54, 1.807) is 6.07 Å². The number of hydrogen-bond acceptors (Lipinski definition) is 3. The minimum absolute atomic E-state index is 0.0515. The summed E-state index contributed by atoms with van der Waals surface area (Å²) in [4.78, 5) is 13.1. The number of carbonyl (C=O) groups excluding carboxylic acids is 1. The first kappa shape index (κ1) is 14.7. The lowest BCUT2D eigenvalue weighted by Gasteiger charge is -2.26. The second kappa shape index (κ2) is 5.85. The number of anilines is 1. The Balaban J connectivity index is 1.80. The Morgan fingerprint density at radius 3 is 2.76 bits per heavy atom. The molecule has 0 bridgehead atoms. The molecule has 0 aliphatic heterocycles. The van der Waals surface area contributed by atoms with Crippen LogP contribution in [0.1, 0.15) is 42.3 Å². The first-order valence-electron chi connectivity index (χ1n) is 7.33. The third-order valence-corrected chi connectivity index (χ3v) is 5.65. The van der Waals surface area contributed by atoms with E-state index in [-0.39, 0.29) is 11.9 Å². The molecule has 112 valence electrons. The summed E-state index contributed by atoms with van der Waals surface area (Å²) < 4.78 is 0.961. The number of thiophene rings is 1. The van der Waals surface area contributed by atoms with Crippen molar-refractivity contribution >= 4 is 44.6 Å². The predicted octanol–water partition coefficient (Wildman–Crippen LogP) is 4.45. The standard InChI is InChI=1S/C16H19ClN2OS/c1-9-2-5-11(6-3-9)19-16(20)15-14(18)12-7-4-10(17)8-13(12)21-15/h4,7-9,11H,2-3,5-6,18H2,1H3,(H,19,20). The number of halogens is 1. The minimum Gasteiger partial charge on any atom is -0.397 e. The SMILES string of the molecule is CC1CCC(NC(=O)c2sc3cc(Cl)ccc3c2N)CC1. The van der Waals surface area contributed by atoms with Crippen LogP contribution in [0.4, 0.5) is 5.69 Å². The van der Waals surface area contributed by atoms with Crippen LogP contribution in [-0.4, -0.2) is 11.9 Å². The third kappa shape index (κ3) is 3.01. The van der Waals surface area contributed by atoms with E-state index in [1.807, 2.05) is 12.1 Å². The number of amides is 1. The zero-order valence-corrected chi connectivity index (χ0v) is 13.6. The van der Waals surface area contributed by atoms with Gasteiger partial charge in [0.25, 0.3) is 5.91 Å². The molecule has 1 aromatic heterocycles.